The van der Waals surface area contributed by atoms with Gasteiger partial charge in [0, 0.05) is 49.3 Å². The molecule has 1 atom stereocenters. The minimum Gasteiger partial charge on any atom is -0.493 e. The van der Waals surface area contributed by atoms with Crippen LogP contribution in [0.4, 0.5) is 14.7 Å². The highest BCUT2D eigenvalue weighted by molar-refractivity contribution is 5.79. The van der Waals surface area contributed by atoms with Crippen molar-refractivity contribution in [2.75, 3.05) is 64.1 Å². The number of β-amino-alcohol motifs (C(OH)–C–C–N with tert-alkyl or cyclic N) is 1. The van der Waals surface area contributed by atoms with Crippen LogP contribution in [0.25, 0.3) is 0 Å². The topological polar surface area (TPSA) is 149 Å². The second kappa shape index (κ2) is 16.6. The number of likely N-dealkylation sites (tertiary alicyclic amines) is 1. The van der Waals surface area contributed by atoms with E-state index in [1.54, 1.807) is 12.4 Å². The van der Waals surface area contributed by atoms with Gasteiger partial charge in [-0.1, -0.05) is 0 Å². The van der Waals surface area contributed by atoms with Gasteiger partial charge in [-0.3, -0.25) is 4.79 Å². The Hall–Kier alpha value is -3.13. The number of ether oxygens (including phenoxy) is 2. The normalized spacial score (nSPS) is 19.1. The summed E-state index contributed by atoms with van der Waals surface area (Å²) in [6.45, 7) is 3.64. The molecule has 46 heavy (non-hydrogen) atoms. The van der Waals surface area contributed by atoms with Gasteiger partial charge in [0.1, 0.15) is 17.4 Å². The first kappa shape index (κ1) is 35.7. The van der Waals surface area contributed by atoms with E-state index in [2.05, 4.69) is 14.9 Å². The number of aliphatic hydroxyl groups excluding tert-OH is 3. The summed E-state index contributed by atoms with van der Waals surface area (Å²) >= 11 is 0. The van der Waals surface area contributed by atoms with Gasteiger partial charge in [0.05, 0.1) is 57.4 Å². The van der Waals surface area contributed by atoms with E-state index >= 15 is 0 Å². The Bertz CT molecular complexity index is 1230. The third-order valence-corrected chi connectivity index (χ3v) is 9.33. The summed E-state index contributed by atoms with van der Waals surface area (Å²) in [5.74, 6) is -0.248. The molecule has 4 rings (SSSR count). The van der Waals surface area contributed by atoms with Crippen LogP contribution in [0.1, 0.15) is 63.9 Å². The monoisotopic (exact) mass is 650 g/mol. The van der Waals surface area contributed by atoms with Gasteiger partial charge in [0.15, 0.2) is 5.75 Å². The van der Waals surface area contributed by atoms with Crippen LogP contribution in [0.15, 0.2) is 24.5 Å². The number of aromatic nitrogens is 2. The fourth-order valence-electron chi connectivity index (χ4n) is 6.25. The zero-order valence-corrected chi connectivity index (χ0v) is 26.7. The summed E-state index contributed by atoms with van der Waals surface area (Å²) in [4.78, 5) is 25.3. The van der Waals surface area contributed by atoms with Gasteiger partial charge in [-0.25, -0.2) is 18.7 Å². The van der Waals surface area contributed by atoms with Crippen LogP contribution in [0, 0.1) is 23.0 Å². The van der Waals surface area contributed by atoms with Gasteiger partial charge in [-0.05, 0) is 64.2 Å². The maximum absolute atomic E-state index is 14.9. The van der Waals surface area contributed by atoms with Crippen LogP contribution in [0.3, 0.4) is 0 Å². The molecular formula is C33H48F2N4O7. The lowest BCUT2D eigenvalue weighted by atomic mass is 9.83. The Morgan fingerprint density at radius 1 is 1.00 bits per heavy atom. The number of halogens is 2. The Morgan fingerprint density at radius 3 is 2.26 bits per heavy atom. The molecule has 1 amide bonds. The van der Waals surface area contributed by atoms with E-state index in [0.29, 0.717) is 56.5 Å². The molecule has 0 bridgehead atoms. The predicted molar refractivity (Wildman–Crippen MR) is 167 cm³/mol. The number of carbonyl (C=O) groups is 1. The minimum atomic E-state index is -1.18. The standard InChI is InChI=1S/C33H48F2N4O7/c1-2-45-26-18-36-31(37-19-26)38-11-6-24(7-12-38)5-3-14-46-25-15-28(34)27(29(35)16-25)17-30(43)39-13-10-33(44,20-39)9-4-8-32(21-40,22-41)23-42/h15-16,18-19,24,40-42,44H,2-14,17,20-23H2,1H3. The molecule has 2 aliphatic heterocycles. The maximum Gasteiger partial charge on any atom is 0.227 e. The Morgan fingerprint density at radius 2 is 1.65 bits per heavy atom. The predicted octanol–water partition coefficient (Wildman–Crippen LogP) is 2.87. The summed E-state index contributed by atoms with van der Waals surface area (Å²) in [5.41, 5.74) is -2.55. The Balaban J connectivity index is 1.17. The quantitative estimate of drug-likeness (QED) is 0.188. The molecule has 2 saturated heterocycles. The van der Waals surface area contributed by atoms with Crippen molar-refractivity contribution in [3.8, 4) is 11.5 Å². The lowest BCUT2D eigenvalue weighted by Gasteiger charge is -2.32. The average molecular weight is 651 g/mol. The first-order valence-corrected chi connectivity index (χ1v) is 16.3. The molecule has 13 heteroatoms. The maximum atomic E-state index is 14.9. The number of benzene rings is 1. The molecule has 2 fully saturated rings. The number of piperidine rings is 1. The summed E-state index contributed by atoms with van der Waals surface area (Å²) in [7, 11) is 0. The zero-order chi connectivity index (χ0) is 33.2. The van der Waals surface area contributed by atoms with E-state index in [4.69, 9.17) is 9.47 Å². The molecule has 0 radical (unpaired) electrons. The summed E-state index contributed by atoms with van der Waals surface area (Å²) in [6.07, 6.45) is 7.89. The second-order valence-electron chi connectivity index (χ2n) is 12.7. The van der Waals surface area contributed by atoms with Crippen molar-refractivity contribution < 1.29 is 43.5 Å². The number of aliphatic hydroxyl groups is 4. The van der Waals surface area contributed by atoms with Crippen molar-refractivity contribution in [3.63, 3.8) is 0 Å². The molecule has 0 aliphatic carbocycles. The van der Waals surface area contributed by atoms with Crippen molar-refractivity contribution in [1.82, 2.24) is 14.9 Å². The van der Waals surface area contributed by atoms with Gasteiger partial charge >= 0.3 is 0 Å². The highest BCUT2D eigenvalue weighted by Crippen LogP contribution is 2.32. The second-order valence-corrected chi connectivity index (χ2v) is 12.7. The number of anilines is 1. The van der Waals surface area contributed by atoms with E-state index < -0.39 is 35.0 Å². The molecule has 256 valence electrons. The summed E-state index contributed by atoms with van der Waals surface area (Å²) in [6, 6.07) is 2.22. The number of amides is 1. The molecular weight excluding hydrogens is 602 g/mol. The van der Waals surface area contributed by atoms with Crippen molar-refractivity contribution >= 4 is 11.9 Å². The van der Waals surface area contributed by atoms with Gasteiger partial charge in [0.2, 0.25) is 11.9 Å². The van der Waals surface area contributed by atoms with Gasteiger partial charge in [-0.15, -0.1) is 0 Å². The molecule has 1 aromatic carbocycles. The zero-order valence-electron chi connectivity index (χ0n) is 26.7. The smallest absolute Gasteiger partial charge is 0.227 e. The van der Waals surface area contributed by atoms with Crippen LogP contribution in [0.2, 0.25) is 0 Å². The minimum absolute atomic E-state index is 0.0228. The SMILES string of the molecule is CCOc1cnc(N2CCC(CCCOc3cc(F)c(CC(=O)N4CCC(O)(CCCC(CO)(CO)CO)C4)c(F)c3)CC2)nc1. The number of rotatable bonds is 17. The number of hydrogen-bond donors (Lipinski definition) is 4. The van der Waals surface area contributed by atoms with Gasteiger partial charge in [0.25, 0.3) is 0 Å². The highest BCUT2D eigenvalue weighted by atomic mass is 19.1. The summed E-state index contributed by atoms with van der Waals surface area (Å²) < 4.78 is 40.9. The van der Waals surface area contributed by atoms with Crippen LogP contribution >= 0.6 is 0 Å². The van der Waals surface area contributed by atoms with E-state index in [9.17, 15) is 34.0 Å². The molecule has 0 saturated carbocycles. The molecule has 11 nitrogen and oxygen atoms in total. The number of carbonyl (C=O) groups excluding carboxylic acids is 1. The van der Waals surface area contributed by atoms with Crippen molar-refractivity contribution in [2.24, 2.45) is 11.3 Å². The van der Waals surface area contributed by atoms with Gasteiger partial charge < -0.3 is 39.7 Å². The van der Waals surface area contributed by atoms with Crippen molar-refractivity contribution in [2.45, 2.75) is 70.3 Å². The molecule has 4 N–H and O–H groups in total. The molecule has 3 heterocycles. The molecule has 1 aromatic heterocycles. The van der Waals surface area contributed by atoms with Crippen molar-refractivity contribution in [1.29, 1.82) is 0 Å². The van der Waals surface area contributed by atoms with E-state index in [1.165, 1.54) is 4.90 Å². The van der Waals surface area contributed by atoms with E-state index in [-0.39, 0.29) is 44.2 Å². The number of hydrogen-bond acceptors (Lipinski definition) is 10. The summed E-state index contributed by atoms with van der Waals surface area (Å²) in [5, 5.41) is 39.4. The third-order valence-electron chi connectivity index (χ3n) is 9.33. The lowest BCUT2D eigenvalue weighted by molar-refractivity contribution is -0.130. The molecule has 2 aromatic rings. The number of nitrogens with zero attached hydrogens (tertiary/aromatic N) is 4. The Kier molecular flexibility index (Phi) is 12.9. The first-order valence-electron chi connectivity index (χ1n) is 16.3. The fraction of sp³-hybridized carbons (Fsp3) is 0.667. The highest BCUT2D eigenvalue weighted by Gasteiger charge is 2.39. The van der Waals surface area contributed by atoms with Crippen LogP contribution in [0.5, 0.6) is 11.5 Å². The van der Waals surface area contributed by atoms with E-state index in [1.807, 2.05) is 6.92 Å². The first-order chi connectivity index (χ1) is 22.1. The molecule has 0 spiro atoms. The fourth-order valence-corrected chi connectivity index (χ4v) is 6.25. The van der Waals surface area contributed by atoms with Crippen LogP contribution in [-0.2, 0) is 11.2 Å². The van der Waals surface area contributed by atoms with Crippen molar-refractivity contribution in [3.05, 3.63) is 41.7 Å². The lowest BCUT2D eigenvalue weighted by Crippen LogP contribution is -2.38. The molecule has 1 unspecified atom stereocenters. The Labute approximate surface area is 269 Å². The largest absolute Gasteiger partial charge is 0.493 e. The van der Waals surface area contributed by atoms with Crippen LogP contribution in [-0.4, -0.2) is 106 Å². The average Bonchev–Trinajstić information content (AvgIpc) is 3.46. The van der Waals surface area contributed by atoms with Gasteiger partial charge in [-0.2, -0.15) is 0 Å². The third kappa shape index (κ3) is 9.46. The van der Waals surface area contributed by atoms with E-state index in [0.717, 1.165) is 50.9 Å². The molecule has 2 aliphatic rings. The van der Waals surface area contributed by atoms with Crippen LogP contribution < -0.4 is 14.4 Å².